The molecule has 3 aromatic heterocycles. The number of hydrogen-bond donors (Lipinski definition) is 0. The molecule has 220 valence electrons. The molecule has 3 aliphatic heterocycles. The average Bonchev–Trinajstić information content (AvgIpc) is 3.83. The number of anilines is 3. The Balaban J connectivity index is 1.17. The Bertz CT molecular complexity index is 2800. The fourth-order valence-electron chi connectivity index (χ4n) is 7.04. The predicted molar refractivity (Wildman–Crippen MR) is 190 cm³/mol. The lowest BCUT2D eigenvalue weighted by Gasteiger charge is -2.42. The third kappa shape index (κ3) is 3.25. The summed E-state index contributed by atoms with van der Waals surface area (Å²) in [5.41, 5.74) is 8.48. The summed E-state index contributed by atoms with van der Waals surface area (Å²) < 4.78 is 22.6. The van der Waals surface area contributed by atoms with E-state index in [1.54, 1.807) is 34.4 Å². The van der Waals surface area contributed by atoms with Crippen molar-refractivity contribution in [2.24, 2.45) is 0 Å². The fourth-order valence-corrected chi connectivity index (χ4v) is 10.2. The Morgan fingerprint density at radius 1 is 0.596 bits per heavy atom. The minimum Gasteiger partial charge on any atom is -0.455 e. The van der Waals surface area contributed by atoms with Crippen molar-refractivity contribution in [3.63, 3.8) is 0 Å². The monoisotopic (exact) mass is 659 g/mol. The highest BCUT2D eigenvalue weighted by Crippen LogP contribution is 2.69. The highest BCUT2D eigenvalue weighted by Gasteiger charge is 2.44. The Kier molecular flexibility index (Phi) is 4.60. The second kappa shape index (κ2) is 8.71. The molecular formula is C38H17N3O3S3. The molecule has 0 radical (unpaired) electrons. The summed E-state index contributed by atoms with van der Waals surface area (Å²) >= 11 is 5.06. The van der Waals surface area contributed by atoms with E-state index in [0.29, 0.717) is 0 Å². The van der Waals surface area contributed by atoms with Gasteiger partial charge in [-0.25, -0.2) is 9.97 Å². The molecule has 0 aliphatic carbocycles. The molecule has 0 amide bonds. The van der Waals surface area contributed by atoms with Gasteiger partial charge >= 0.3 is 0 Å². The van der Waals surface area contributed by atoms with E-state index in [4.69, 9.17) is 23.9 Å². The van der Waals surface area contributed by atoms with E-state index >= 15 is 0 Å². The van der Waals surface area contributed by atoms with Gasteiger partial charge in [-0.05, 0) is 60.7 Å². The van der Waals surface area contributed by atoms with Gasteiger partial charge in [0.15, 0.2) is 28.6 Å². The van der Waals surface area contributed by atoms with Crippen molar-refractivity contribution in [3.8, 4) is 44.1 Å². The number of furan rings is 1. The number of fused-ring (bicyclic) bond motifs is 6. The SMILES string of the molecule is c1ccc2sc(-c3cc4c5c(c3)Sc3c6c(cc7c3oc3ccccc37)Oc3ccc(-c7nc8ccccc8s7)c(c3N56)O4)nc2c1. The van der Waals surface area contributed by atoms with Gasteiger partial charge < -0.3 is 13.9 Å². The third-order valence-corrected chi connectivity index (χ3v) is 12.3. The topological polar surface area (TPSA) is 60.6 Å². The van der Waals surface area contributed by atoms with Crippen molar-refractivity contribution in [3.05, 3.63) is 103 Å². The molecule has 0 spiro atoms. The number of hydrogen-bond acceptors (Lipinski definition) is 9. The maximum absolute atomic E-state index is 6.99. The first kappa shape index (κ1) is 24.8. The van der Waals surface area contributed by atoms with Gasteiger partial charge in [-0.2, -0.15) is 0 Å². The average molecular weight is 660 g/mol. The fraction of sp³-hybridized carbons (Fsp3) is 0. The number of ether oxygens (including phenoxy) is 2. The number of nitrogens with zero attached hydrogens (tertiary/aromatic N) is 3. The van der Waals surface area contributed by atoms with Crippen LogP contribution >= 0.6 is 34.4 Å². The van der Waals surface area contributed by atoms with Crippen molar-refractivity contribution in [1.82, 2.24) is 9.97 Å². The van der Waals surface area contributed by atoms with Gasteiger partial charge in [-0.15, -0.1) is 22.7 Å². The van der Waals surface area contributed by atoms with Crippen molar-refractivity contribution >= 4 is 93.9 Å². The van der Waals surface area contributed by atoms with Crippen LogP contribution in [0.3, 0.4) is 0 Å². The number of benzene rings is 6. The molecule has 9 aromatic rings. The molecule has 3 aliphatic rings. The van der Waals surface area contributed by atoms with E-state index in [-0.39, 0.29) is 0 Å². The summed E-state index contributed by atoms with van der Waals surface area (Å²) in [4.78, 5) is 14.5. The van der Waals surface area contributed by atoms with Gasteiger partial charge in [0, 0.05) is 21.2 Å². The van der Waals surface area contributed by atoms with Crippen LogP contribution in [0.2, 0.25) is 0 Å². The Morgan fingerprint density at radius 2 is 1.34 bits per heavy atom. The van der Waals surface area contributed by atoms with E-state index in [1.807, 2.05) is 30.3 Å². The standard InChI is InChI=1S/C38H17N3O3S3/c1-4-10-24-19(7-1)21-17-27-33-36(35(21)43-24)45-30-16-18(37-39-22-8-2-5-11-28(22)46-37)15-26-31(30)41(33)32-25(42-27)14-13-20(34(32)44-26)38-40-23-9-3-6-12-29(23)47-38/h1-17H. The number of thiazole rings is 2. The summed E-state index contributed by atoms with van der Waals surface area (Å²) in [6.07, 6.45) is 0. The third-order valence-electron chi connectivity index (χ3n) is 9.08. The van der Waals surface area contributed by atoms with Crippen molar-refractivity contribution < 1.29 is 13.9 Å². The zero-order chi connectivity index (χ0) is 30.4. The highest BCUT2D eigenvalue weighted by molar-refractivity contribution is 8.00. The molecule has 0 unspecified atom stereocenters. The van der Waals surface area contributed by atoms with Gasteiger partial charge in [0.05, 0.1) is 30.9 Å². The van der Waals surface area contributed by atoms with Crippen LogP contribution in [0.5, 0.6) is 23.0 Å². The van der Waals surface area contributed by atoms with Gasteiger partial charge in [0.25, 0.3) is 0 Å². The summed E-state index contributed by atoms with van der Waals surface area (Å²) in [5, 5.41) is 3.96. The molecule has 12 rings (SSSR count). The number of aromatic nitrogens is 2. The summed E-state index contributed by atoms with van der Waals surface area (Å²) in [6, 6.07) is 35.3. The van der Waals surface area contributed by atoms with Gasteiger partial charge in [0.1, 0.15) is 32.7 Å². The number of rotatable bonds is 2. The van der Waals surface area contributed by atoms with Crippen LogP contribution in [-0.4, -0.2) is 9.97 Å². The van der Waals surface area contributed by atoms with Crippen LogP contribution in [0, 0.1) is 0 Å². The molecule has 0 atom stereocenters. The van der Waals surface area contributed by atoms with Gasteiger partial charge in [-0.1, -0.05) is 54.2 Å². The second-order valence-corrected chi connectivity index (χ2v) is 14.9. The molecule has 6 nitrogen and oxygen atoms in total. The Hall–Kier alpha value is -5.35. The molecule has 9 heteroatoms. The lowest BCUT2D eigenvalue weighted by molar-refractivity contribution is 0.444. The van der Waals surface area contributed by atoms with E-state index < -0.39 is 0 Å². The van der Waals surface area contributed by atoms with Crippen LogP contribution in [0.15, 0.2) is 117 Å². The first-order valence-electron chi connectivity index (χ1n) is 15.1. The largest absolute Gasteiger partial charge is 0.455 e. The molecular weight excluding hydrogens is 643 g/mol. The summed E-state index contributed by atoms with van der Waals surface area (Å²) in [5.74, 6) is 3.05. The molecule has 6 heterocycles. The van der Waals surface area contributed by atoms with Crippen LogP contribution in [0.25, 0.3) is 63.5 Å². The van der Waals surface area contributed by atoms with E-state index in [9.17, 15) is 0 Å². The summed E-state index contributed by atoms with van der Waals surface area (Å²) in [6.45, 7) is 0. The maximum Gasteiger partial charge on any atom is 0.165 e. The van der Waals surface area contributed by atoms with E-state index in [2.05, 4.69) is 77.7 Å². The van der Waals surface area contributed by atoms with Crippen molar-refractivity contribution in [2.75, 3.05) is 4.90 Å². The van der Waals surface area contributed by atoms with Crippen LogP contribution in [0.4, 0.5) is 17.1 Å². The molecule has 0 saturated carbocycles. The lowest BCUT2D eigenvalue weighted by atomic mass is 10.0. The molecule has 6 aromatic carbocycles. The Morgan fingerprint density at radius 3 is 2.19 bits per heavy atom. The van der Waals surface area contributed by atoms with Crippen molar-refractivity contribution in [2.45, 2.75) is 9.79 Å². The number of para-hydroxylation sites is 3. The first-order valence-corrected chi connectivity index (χ1v) is 17.6. The highest BCUT2D eigenvalue weighted by atomic mass is 32.2. The zero-order valence-electron chi connectivity index (χ0n) is 24.1. The Labute approximate surface area is 278 Å². The molecule has 0 fully saturated rings. The molecule has 0 saturated heterocycles. The second-order valence-electron chi connectivity index (χ2n) is 11.8. The quantitative estimate of drug-likeness (QED) is 0.183. The normalized spacial score (nSPS) is 13.7. The molecule has 0 bridgehead atoms. The molecule has 47 heavy (non-hydrogen) atoms. The lowest BCUT2D eigenvalue weighted by Crippen LogP contribution is -2.24. The van der Waals surface area contributed by atoms with Gasteiger partial charge in [-0.3, -0.25) is 4.90 Å². The molecule has 0 N–H and O–H groups in total. The smallest absolute Gasteiger partial charge is 0.165 e. The van der Waals surface area contributed by atoms with Crippen LogP contribution in [0.1, 0.15) is 0 Å². The maximum atomic E-state index is 6.99. The van der Waals surface area contributed by atoms with E-state index in [1.165, 1.54) is 0 Å². The van der Waals surface area contributed by atoms with Crippen LogP contribution < -0.4 is 14.4 Å². The summed E-state index contributed by atoms with van der Waals surface area (Å²) in [7, 11) is 0. The minimum atomic E-state index is 0.731. The minimum absolute atomic E-state index is 0.731. The zero-order valence-corrected chi connectivity index (χ0v) is 26.6. The van der Waals surface area contributed by atoms with Crippen molar-refractivity contribution in [1.29, 1.82) is 0 Å². The van der Waals surface area contributed by atoms with E-state index in [0.717, 1.165) is 113 Å². The first-order chi connectivity index (χ1) is 23.2. The van der Waals surface area contributed by atoms with Gasteiger partial charge in [0.2, 0.25) is 0 Å². The van der Waals surface area contributed by atoms with Crippen LogP contribution in [-0.2, 0) is 0 Å². The predicted octanol–water partition coefficient (Wildman–Crippen LogP) is 12.3.